The van der Waals surface area contributed by atoms with E-state index in [0.29, 0.717) is 19.5 Å². The summed E-state index contributed by atoms with van der Waals surface area (Å²) in [6.45, 7) is 0.820. The topological polar surface area (TPSA) is 94.0 Å². The Morgan fingerprint density at radius 3 is 2.24 bits per heavy atom. The Balaban J connectivity index is 2.73. The first-order valence-corrected chi connectivity index (χ1v) is 6.72. The van der Waals surface area contributed by atoms with Gasteiger partial charge in [-0.05, 0) is 18.6 Å². The molecule has 1 aromatic rings. The van der Waals surface area contributed by atoms with E-state index < -0.39 is 11.9 Å². The lowest BCUT2D eigenvalue weighted by molar-refractivity contribution is -0.138. The average Bonchev–Trinajstić information content (AvgIpc) is 2.42. The van der Waals surface area contributed by atoms with Crippen LogP contribution in [0.2, 0.25) is 0 Å². The van der Waals surface area contributed by atoms with Crippen molar-refractivity contribution in [2.75, 3.05) is 37.0 Å². The summed E-state index contributed by atoms with van der Waals surface area (Å²) < 4.78 is 0. The van der Waals surface area contributed by atoms with Gasteiger partial charge in [-0.2, -0.15) is 0 Å². The van der Waals surface area contributed by atoms with E-state index in [4.69, 9.17) is 10.2 Å². The number of hydrogen-bond acceptors (Lipinski definition) is 5. The Labute approximate surface area is 123 Å². The molecule has 0 bridgehead atoms. The first-order chi connectivity index (χ1) is 9.90. The van der Waals surface area contributed by atoms with Crippen LogP contribution in [0.4, 0.5) is 11.5 Å². The fourth-order valence-corrected chi connectivity index (χ4v) is 1.85. The van der Waals surface area contributed by atoms with Crippen molar-refractivity contribution in [3.63, 3.8) is 0 Å². The van der Waals surface area contributed by atoms with Crippen molar-refractivity contribution < 1.29 is 19.8 Å². The number of anilines is 2. The fraction of sp³-hybridized carbons (Fsp3) is 0.500. The molecule has 0 atom stereocenters. The molecule has 0 saturated carbocycles. The standard InChI is InChI=1S/C14H21N3O4/c1-16(2)12-6-5-11(10-15-12)17(9-7-14(20)21)8-3-4-13(18)19/h5-6,10H,3-4,7-9H2,1-2H3,(H,18,19)(H,20,21). The van der Waals surface area contributed by atoms with Crippen LogP contribution >= 0.6 is 0 Å². The zero-order chi connectivity index (χ0) is 15.8. The molecular weight excluding hydrogens is 274 g/mol. The van der Waals surface area contributed by atoms with Gasteiger partial charge < -0.3 is 20.0 Å². The van der Waals surface area contributed by atoms with Gasteiger partial charge in [0.05, 0.1) is 18.3 Å². The summed E-state index contributed by atoms with van der Waals surface area (Å²) in [5.74, 6) is -0.923. The molecule has 0 spiro atoms. The summed E-state index contributed by atoms with van der Waals surface area (Å²) in [5.41, 5.74) is 0.798. The van der Waals surface area contributed by atoms with Gasteiger partial charge in [0.1, 0.15) is 5.82 Å². The van der Waals surface area contributed by atoms with Crippen LogP contribution in [-0.2, 0) is 9.59 Å². The van der Waals surface area contributed by atoms with Crippen molar-refractivity contribution in [2.24, 2.45) is 0 Å². The second-order valence-corrected chi connectivity index (χ2v) is 4.90. The SMILES string of the molecule is CN(C)c1ccc(N(CCCC(=O)O)CCC(=O)O)cn1. The van der Waals surface area contributed by atoms with Crippen molar-refractivity contribution in [3.8, 4) is 0 Å². The van der Waals surface area contributed by atoms with Gasteiger partial charge in [-0.25, -0.2) is 4.98 Å². The first-order valence-electron chi connectivity index (χ1n) is 6.72. The Bertz CT molecular complexity index is 474. The lowest BCUT2D eigenvalue weighted by Gasteiger charge is -2.24. The normalized spacial score (nSPS) is 10.2. The summed E-state index contributed by atoms with van der Waals surface area (Å²) in [5, 5.41) is 17.5. The molecule has 0 aliphatic heterocycles. The molecule has 1 aromatic heterocycles. The number of aromatic nitrogens is 1. The largest absolute Gasteiger partial charge is 0.481 e. The molecule has 0 amide bonds. The summed E-state index contributed by atoms with van der Waals surface area (Å²) in [6.07, 6.45) is 2.21. The minimum absolute atomic E-state index is 0.00248. The van der Waals surface area contributed by atoms with Gasteiger partial charge in [0.25, 0.3) is 0 Å². The number of carbonyl (C=O) groups is 2. The van der Waals surface area contributed by atoms with Crippen molar-refractivity contribution in [2.45, 2.75) is 19.3 Å². The van der Waals surface area contributed by atoms with Crippen LogP contribution in [-0.4, -0.2) is 54.3 Å². The zero-order valence-electron chi connectivity index (χ0n) is 12.3. The molecule has 21 heavy (non-hydrogen) atoms. The maximum atomic E-state index is 10.7. The first kappa shape index (κ1) is 16.7. The number of hydrogen-bond donors (Lipinski definition) is 2. The highest BCUT2D eigenvalue weighted by molar-refractivity contribution is 5.68. The van der Waals surface area contributed by atoms with Gasteiger partial charge in [0.2, 0.25) is 0 Å². The highest BCUT2D eigenvalue weighted by Crippen LogP contribution is 2.17. The lowest BCUT2D eigenvalue weighted by Crippen LogP contribution is -2.28. The predicted octanol–water partition coefficient (Wildman–Crippen LogP) is 1.29. The van der Waals surface area contributed by atoms with Crippen LogP contribution in [0.5, 0.6) is 0 Å². The minimum atomic E-state index is -0.879. The number of carboxylic acids is 2. The molecular formula is C14H21N3O4. The van der Waals surface area contributed by atoms with E-state index in [1.54, 1.807) is 6.20 Å². The van der Waals surface area contributed by atoms with E-state index in [1.165, 1.54) is 0 Å². The van der Waals surface area contributed by atoms with Crippen LogP contribution in [0.25, 0.3) is 0 Å². The molecule has 0 fully saturated rings. The van der Waals surface area contributed by atoms with Gasteiger partial charge >= 0.3 is 11.9 Å². The van der Waals surface area contributed by atoms with E-state index in [9.17, 15) is 9.59 Å². The van der Waals surface area contributed by atoms with E-state index in [2.05, 4.69) is 4.98 Å². The van der Waals surface area contributed by atoms with Gasteiger partial charge in [0.15, 0.2) is 0 Å². The molecule has 1 rings (SSSR count). The molecule has 0 aliphatic rings. The van der Waals surface area contributed by atoms with Gasteiger partial charge in [-0.3, -0.25) is 9.59 Å². The summed E-state index contributed by atoms with van der Waals surface area (Å²) in [7, 11) is 3.77. The summed E-state index contributed by atoms with van der Waals surface area (Å²) >= 11 is 0. The third kappa shape index (κ3) is 6.11. The van der Waals surface area contributed by atoms with Gasteiger partial charge in [-0.1, -0.05) is 0 Å². The average molecular weight is 295 g/mol. The van der Waals surface area contributed by atoms with E-state index in [-0.39, 0.29) is 12.8 Å². The number of carboxylic acid groups (broad SMARTS) is 2. The third-order valence-corrected chi connectivity index (χ3v) is 2.97. The zero-order valence-corrected chi connectivity index (χ0v) is 12.3. The van der Waals surface area contributed by atoms with Crippen molar-refractivity contribution in [1.82, 2.24) is 4.98 Å². The Morgan fingerprint density at radius 2 is 1.76 bits per heavy atom. The number of pyridine rings is 1. The summed E-state index contributed by atoms with van der Waals surface area (Å²) in [4.78, 5) is 29.3. The second kappa shape index (κ2) is 8.08. The van der Waals surface area contributed by atoms with Gasteiger partial charge in [0, 0.05) is 33.6 Å². The van der Waals surface area contributed by atoms with Crippen LogP contribution < -0.4 is 9.80 Å². The monoisotopic (exact) mass is 295 g/mol. The minimum Gasteiger partial charge on any atom is -0.481 e. The van der Waals surface area contributed by atoms with E-state index >= 15 is 0 Å². The molecule has 0 aliphatic carbocycles. The van der Waals surface area contributed by atoms with Crippen molar-refractivity contribution in [3.05, 3.63) is 18.3 Å². The quantitative estimate of drug-likeness (QED) is 0.709. The maximum Gasteiger partial charge on any atom is 0.305 e. The van der Waals surface area contributed by atoms with Crippen LogP contribution in [0.3, 0.4) is 0 Å². The van der Waals surface area contributed by atoms with Crippen LogP contribution in [0.15, 0.2) is 18.3 Å². The predicted molar refractivity (Wildman–Crippen MR) is 79.9 cm³/mol. The molecule has 2 N–H and O–H groups in total. The highest BCUT2D eigenvalue weighted by atomic mass is 16.4. The summed E-state index contributed by atoms with van der Waals surface area (Å²) in [6, 6.07) is 3.71. The van der Waals surface area contributed by atoms with Gasteiger partial charge in [-0.15, -0.1) is 0 Å². The van der Waals surface area contributed by atoms with Crippen LogP contribution in [0.1, 0.15) is 19.3 Å². The Kier molecular flexibility index (Phi) is 6.45. The number of nitrogens with zero attached hydrogens (tertiary/aromatic N) is 3. The van der Waals surface area contributed by atoms with E-state index in [1.807, 2.05) is 36.0 Å². The molecule has 7 heteroatoms. The Hall–Kier alpha value is -2.31. The molecule has 7 nitrogen and oxygen atoms in total. The van der Waals surface area contributed by atoms with Crippen molar-refractivity contribution >= 4 is 23.4 Å². The van der Waals surface area contributed by atoms with Crippen molar-refractivity contribution in [1.29, 1.82) is 0 Å². The third-order valence-electron chi connectivity index (χ3n) is 2.97. The van der Waals surface area contributed by atoms with E-state index in [0.717, 1.165) is 11.5 Å². The molecule has 116 valence electrons. The Morgan fingerprint density at radius 1 is 1.10 bits per heavy atom. The molecule has 0 radical (unpaired) electrons. The lowest BCUT2D eigenvalue weighted by atomic mass is 10.2. The number of aliphatic carboxylic acids is 2. The smallest absolute Gasteiger partial charge is 0.305 e. The van der Waals surface area contributed by atoms with Crippen LogP contribution in [0, 0.1) is 0 Å². The number of rotatable bonds is 9. The maximum absolute atomic E-state index is 10.7. The molecule has 1 heterocycles. The molecule has 0 saturated heterocycles. The highest BCUT2D eigenvalue weighted by Gasteiger charge is 2.10. The second-order valence-electron chi connectivity index (χ2n) is 4.90. The fourth-order valence-electron chi connectivity index (χ4n) is 1.85. The molecule has 0 unspecified atom stereocenters. The molecule has 0 aromatic carbocycles.